The van der Waals surface area contributed by atoms with Crippen molar-refractivity contribution in [1.29, 1.82) is 0 Å². The fraction of sp³-hybridized carbons (Fsp3) is 0.875. The third-order valence-electron chi connectivity index (χ3n) is 2.45. The molecule has 5 atom stereocenters. The maximum absolute atomic E-state index is 9.50. The van der Waals surface area contributed by atoms with Crippen LogP contribution in [-0.2, 0) is 4.74 Å². The van der Waals surface area contributed by atoms with E-state index < -0.39 is 18.5 Å². The van der Waals surface area contributed by atoms with Crippen molar-refractivity contribution >= 4 is 16.8 Å². The molecule has 5 nitrogen and oxygen atoms in total. The van der Waals surface area contributed by atoms with Crippen molar-refractivity contribution in [2.75, 3.05) is 6.61 Å². The van der Waals surface area contributed by atoms with Crippen LogP contribution in [0, 0.1) is 0 Å². The molecule has 2 rings (SSSR count). The summed E-state index contributed by atoms with van der Waals surface area (Å²) in [5.74, 6) is 0. The Morgan fingerprint density at radius 1 is 1.64 bits per heavy atom. The normalized spacial score (nSPS) is 43.6. The summed E-state index contributed by atoms with van der Waals surface area (Å²) in [4.78, 5) is 4.21. The average molecular weight is 219 g/mol. The lowest BCUT2D eigenvalue weighted by atomic mass is 10.1. The van der Waals surface area contributed by atoms with Gasteiger partial charge in [0.05, 0.1) is 16.9 Å². The summed E-state index contributed by atoms with van der Waals surface area (Å²) in [7, 11) is 0. The quantitative estimate of drug-likeness (QED) is 0.552. The number of aliphatic hydroxyl groups excluding tert-OH is 3. The molecule has 0 amide bonds. The first-order valence-electron chi connectivity index (χ1n) is 4.47. The van der Waals surface area contributed by atoms with Gasteiger partial charge in [-0.05, 0) is 6.92 Å². The Bertz CT molecular complexity index is 260. The van der Waals surface area contributed by atoms with E-state index in [9.17, 15) is 10.2 Å². The number of thioether (sulfide) groups is 1. The lowest BCUT2D eigenvalue weighted by Crippen LogP contribution is -2.37. The predicted octanol–water partition coefficient (Wildman–Crippen LogP) is -1.04. The largest absolute Gasteiger partial charge is 0.394 e. The summed E-state index contributed by atoms with van der Waals surface area (Å²) < 4.78 is 5.15. The Kier molecular flexibility index (Phi) is 2.81. The van der Waals surface area contributed by atoms with Gasteiger partial charge in [-0.1, -0.05) is 0 Å². The summed E-state index contributed by atoms with van der Waals surface area (Å²) in [6.07, 6.45) is -2.45. The van der Waals surface area contributed by atoms with Crippen molar-refractivity contribution in [3.63, 3.8) is 0 Å². The minimum absolute atomic E-state index is 0.0767. The van der Waals surface area contributed by atoms with Gasteiger partial charge in [-0.25, -0.2) is 0 Å². The molecule has 1 fully saturated rings. The molecule has 0 aromatic carbocycles. The molecule has 0 spiro atoms. The second kappa shape index (κ2) is 3.79. The van der Waals surface area contributed by atoms with Gasteiger partial charge in [0.15, 0.2) is 6.29 Å². The standard InChI is InChI=1S/C8H13NO4S/c1-3-9-5-7(14-3)6(4(11)2-10)13-8(5)12/h4-8,10-12H,2H2,1H3/t4-,5+,6-,7-,8+/m1/s1. The van der Waals surface area contributed by atoms with Crippen LogP contribution < -0.4 is 0 Å². The average Bonchev–Trinajstić information content (AvgIpc) is 2.65. The van der Waals surface area contributed by atoms with Gasteiger partial charge in [-0.2, -0.15) is 0 Å². The minimum Gasteiger partial charge on any atom is -0.394 e. The van der Waals surface area contributed by atoms with Gasteiger partial charge >= 0.3 is 0 Å². The molecular weight excluding hydrogens is 206 g/mol. The van der Waals surface area contributed by atoms with E-state index in [1.165, 1.54) is 11.8 Å². The first-order valence-corrected chi connectivity index (χ1v) is 5.35. The van der Waals surface area contributed by atoms with Crippen LogP contribution in [0.4, 0.5) is 0 Å². The van der Waals surface area contributed by atoms with E-state index in [0.29, 0.717) is 0 Å². The van der Waals surface area contributed by atoms with Crippen molar-refractivity contribution in [2.24, 2.45) is 4.99 Å². The van der Waals surface area contributed by atoms with Crippen LogP contribution in [0.3, 0.4) is 0 Å². The van der Waals surface area contributed by atoms with Crippen LogP contribution in [-0.4, -0.2) is 56.8 Å². The molecular formula is C8H13NO4S. The summed E-state index contributed by atoms with van der Waals surface area (Å²) >= 11 is 1.49. The Morgan fingerprint density at radius 2 is 2.36 bits per heavy atom. The molecule has 1 saturated heterocycles. The fourth-order valence-corrected chi connectivity index (χ4v) is 3.09. The van der Waals surface area contributed by atoms with E-state index in [0.717, 1.165) is 5.04 Å². The van der Waals surface area contributed by atoms with Crippen molar-refractivity contribution < 1.29 is 20.1 Å². The molecule has 0 bridgehead atoms. The van der Waals surface area contributed by atoms with Crippen molar-refractivity contribution in [3.8, 4) is 0 Å². The first kappa shape index (κ1) is 10.4. The van der Waals surface area contributed by atoms with Gasteiger partial charge in [0.1, 0.15) is 18.2 Å². The van der Waals surface area contributed by atoms with Gasteiger partial charge in [-0.3, -0.25) is 4.99 Å². The number of hydrogen-bond acceptors (Lipinski definition) is 6. The predicted molar refractivity (Wildman–Crippen MR) is 52.2 cm³/mol. The number of hydrogen-bond donors (Lipinski definition) is 3. The van der Waals surface area contributed by atoms with Crippen LogP contribution in [0.1, 0.15) is 6.92 Å². The third kappa shape index (κ3) is 1.57. The molecule has 6 heteroatoms. The van der Waals surface area contributed by atoms with Crippen molar-refractivity contribution in [3.05, 3.63) is 0 Å². The summed E-state index contributed by atoms with van der Waals surface area (Å²) in [6, 6.07) is -0.300. The lowest BCUT2D eigenvalue weighted by Gasteiger charge is -2.19. The fourth-order valence-electron chi connectivity index (χ4n) is 1.80. The summed E-state index contributed by atoms with van der Waals surface area (Å²) in [5.41, 5.74) is 0. The van der Waals surface area contributed by atoms with E-state index in [1.807, 2.05) is 6.92 Å². The molecule has 0 aliphatic carbocycles. The second-order valence-electron chi connectivity index (χ2n) is 3.46. The van der Waals surface area contributed by atoms with Gasteiger partial charge in [0, 0.05) is 0 Å². The molecule has 14 heavy (non-hydrogen) atoms. The molecule has 0 aromatic rings. The van der Waals surface area contributed by atoms with Crippen LogP contribution >= 0.6 is 11.8 Å². The van der Waals surface area contributed by atoms with Crippen LogP contribution in [0.15, 0.2) is 4.99 Å². The number of ether oxygens (including phenoxy) is 1. The molecule has 0 radical (unpaired) electrons. The first-order chi connectivity index (χ1) is 6.63. The lowest BCUT2D eigenvalue weighted by molar-refractivity contribution is -0.130. The molecule has 2 aliphatic heterocycles. The highest BCUT2D eigenvalue weighted by molar-refractivity contribution is 8.14. The third-order valence-corrected chi connectivity index (χ3v) is 3.72. The van der Waals surface area contributed by atoms with Gasteiger partial charge in [0.2, 0.25) is 0 Å². The van der Waals surface area contributed by atoms with Gasteiger partial charge in [0.25, 0.3) is 0 Å². The second-order valence-corrected chi connectivity index (χ2v) is 4.83. The zero-order valence-corrected chi connectivity index (χ0v) is 8.52. The number of aliphatic hydroxyl groups is 3. The highest BCUT2D eigenvalue weighted by atomic mass is 32.2. The van der Waals surface area contributed by atoms with Crippen molar-refractivity contribution in [2.45, 2.75) is 36.7 Å². The zero-order valence-electron chi connectivity index (χ0n) is 7.70. The maximum atomic E-state index is 9.50. The zero-order chi connectivity index (χ0) is 10.3. The molecule has 0 aromatic heterocycles. The molecule has 3 N–H and O–H groups in total. The Labute approximate surface area is 85.8 Å². The minimum atomic E-state index is -0.962. The number of fused-ring (bicyclic) bond motifs is 1. The Hall–Kier alpha value is -0.140. The van der Waals surface area contributed by atoms with Crippen LogP contribution in [0.25, 0.3) is 0 Å². The smallest absolute Gasteiger partial charge is 0.178 e. The number of nitrogens with zero attached hydrogens (tertiary/aromatic N) is 1. The number of aliphatic imine (C=N–C) groups is 1. The monoisotopic (exact) mass is 219 g/mol. The van der Waals surface area contributed by atoms with Crippen molar-refractivity contribution in [1.82, 2.24) is 0 Å². The molecule has 2 heterocycles. The molecule has 2 aliphatic rings. The molecule has 0 saturated carbocycles. The van der Waals surface area contributed by atoms with E-state index in [-0.39, 0.29) is 17.9 Å². The van der Waals surface area contributed by atoms with E-state index in [1.54, 1.807) is 0 Å². The van der Waals surface area contributed by atoms with Gasteiger partial charge in [-0.15, -0.1) is 11.8 Å². The number of rotatable bonds is 2. The van der Waals surface area contributed by atoms with Crippen LogP contribution in [0.5, 0.6) is 0 Å². The van der Waals surface area contributed by atoms with Crippen LogP contribution in [0.2, 0.25) is 0 Å². The molecule has 0 unspecified atom stereocenters. The van der Waals surface area contributed by atoms with E-state index >= 15 is 0 Å². The highest BCUT2D eigenvalue weighted by Gasteiger charge is 2.50. The SMILES string of the molecule is CC1=N[C@H]2[C@@H](S1)[C@@H]([C@H](O)CO)O[C@@H]2O. The topological polar surface area (TPSA) is 82.3 Å². The highest BCUT2D eigenvalue weighted by Crippen LogP contribution is 2.39. The Morgan fingerprint density at radius 3 is 3.00 bits per heavy atom. The summed E-state index contributed by atoms with van der Waals surface area (Å²) in [6.45, 7) is 1.50. The summed E-state index contributed by atoms with van der Waals surface area (Å²) in [5, 5.41) is 28.6. The molecule has 80 valence electrons. The Balaban J connectivity index is 2.11. The van der Waals surface area contributed by atoms with E-state index in [2.05, 4.69) is 4.99 Å². The van der Waals surface area contributed by atoms with Gasteiger partial charge < -0.3 is 20.1 Å². The maximum Gasteiger partial charge on any atom is 0.178 e. The van der Waals surface area contributed by atoms with E-state index in [4.69, 9.17) is 9.84 Å².